The number of ether oxygens (including phenoxy) is 1. The fraction of sp³-hybridized carbons (Fsp3) is 0.368. The molecule has 0 bridgehead atoms. The first-order chi connectivity index (χ1) is 12.1. The first-order valence-corrected chi connectivity index (χ1v) is 9.66. The molecule has 1 N–H and O–H groups in total. The van der Waals surface area contributed by atoms with E-state index >= 15 is 0 Å². The van der Waals surface area contributed by atoms with Crippen molar-refractivity contribution in [1.29, 1.82) is 0 Å². The molecular weight excluding hydrogens is 358 g/mol. The average Bonchev–Trinajstić information content (AvgIpc) is 3.32. The average molecular weight is 376 g/mol. The third-order valence-corrected chi connectivity index (χ3v) is 6.25. The summed E-state index contributed by atoms with van der Waals surface area (Å²) in [5, 5.41) is 4.28. The summed E-state index contributed by atoms with van der Waals surface area (Å²) in [6.07, 6.45) is 3.66. The zero-order valence-corrected chi connectivity index (χ0v) is 15.2. The minimum atomic E-state index is -0.129. The number of aryl methyl sites for hydroxylation is 1. The number of halogens is 1. The van der Waals surface area contributed by atoms with E-state index in [-0.39, 0.29) is 17.6 Å². The van der Waals surface area contributed by atoms with E-state index in [4.69, 9.17) is 16.3 Å². The lowest BCUT2D eigenvalue weighted by molar-refractivity contribution is -0.119. The fourth-order valence-corrected chi connectivity index (χ4v) is 4.85. The summed E-state index contributed by atoms with van der Waals surface area (Å²) in [4.78, 5) is 26.8. The van der Waals surface area contributed by atoms with E-state index < -0.39 is 0 Å². The number of amides is 1. The third kappa shape index (κ3) is 3.24. The molecule has 25 heavy (non-hydrogen) atoms. The third-order valence-electron chi connectivity index (χ3n) is 4.79. The second-order valence-corrected chi connectivity index (χ2v) is 7.99. The number of nitrogens with one attached hydrogen (secondary N) is 1. The zero-order chi connectivity index (χ0) is 17.4. The van der Waals surface area contributed by atoms with Crippen molar-refractivity contribution in [3.05, 3.63) is 50.9 Å². The highest BCUT2D eigenvalue weighted by Crippen LogP contribution is 2.40. The highest BCUT2D eigenvalue weighted by molar-refractivity contribution is 7.17. The number of carbonyl (C=O) groups is 2. The molecule has 6 heteroatoms. The minimum Gasteiger partial charge on any atom is -0.381 e. The zero-order valence-electron chi connectivity index (χ0n) is 13.6. The van der Waals surface area contributed by atoms with Crippen LogP contribution < -0.4 is 5.32 Å². The topological polar surface area (TPSA) is 55.4 Å². The van der Waals surface area contributed by atoms with Crippen LogP contribution in [-0.2, 0) is 22.4 Å². The van der Waals surface area contributed by atoms with Gasteiger partial charge >= 0.3 is 0 Å². The molecular formula is C19H18ClNO3S. The van der Waals surface area contributed by atoms with Gasteiger partial charge in [-0.25, -0.2) is 0 Å². The summed E-state index contributed by atoms with van der Waals surface area (Å²) in [7, 11) is 0. The van der Waals surface area contributed by atoms with Gasteiger partial charge in [-0.05, 0) is 55.5 Å². The summed E-state index contributed by atoms with van der Waals surface area (Å²) in [5.41, 5.74) is 2.35. The number of ketones is 1. The number of anilines is 1. The van der Waals surface area contributed by atoms with Crippen LogP contribution in [0.2, 0.25) is 5.02 Å². The Morgan fingerprint density at radius 2 is 2.00 bits per heavy atom. The standard InChI is InChI=1S/C19H18ClNO3S/c20-13-6-4-11(5-7-13)17(22)16-14-2-1-3-15(14)25-19(16)21-18(23)12-8-9-24-10-12/h4-7,12H,1-3,8-10H2,(H,21,23)/t12-/m1/s1. The summed E-state index contributed by atoms with van der Waals surface area (Å²) in [5.74, 6) is -0.230. The van der Waals surface area contributed by atoms with E-state index in [0.717, 1.165) is 31.2 Å². The number of rotatable bonds is 4. The van der Waals surface area contributed by atoms with Crippen molar-refractivity contribution >= 4 is 39.6 Å². The van der Waals surface area contributed by atoms with Crippen LogP contribution in [0.4, 0.5) is 5.00 Å². The second-order valence-electron chi connectivity index (χ2n) is 6.45. The van der Waals surface area contributed by atoms with Gasteiger partial charge in [0, 0.05) is 22.1 Å². The summed E-state index contributed by atoms with van der Waals surface area (Å²) < 4.78 is 5.30. The van der Waals surface area contributed by atoms with Crippen LogP contribution in [0.1, 0.15) is 39.2 Å². The molecule has 0 spiro atoms. The first-order valence-electron chi connectivity index (χ1n) is 8.47. The molecule has 4 rings (SSSR count). The lowest BCUT2D eigenvalue weighted by atomic mass is 10.00. The molecule has 2 aliphatic rings. The van der Waals surface area contributed by atoms with Crippen molar-refractivity contribution in [3.8, 4) is 0 Å². The van der Waals surface area contributed by atoms with Gasteiger partial charge in [-0.1, -0.05) is 11.6 Å². The molecule has 0 unspecified atom stereocenters. The lowest BCUT2D eigenvalue weighted by Gasteiger charge is -2.11. The van der Waals surface area contributed by atoms with Crippen molar-refractivity contribution in [2.24, 2.45) is 5.92 Å². The SMILES string of the molecule is O=C(c1ccc(Cl)cc1)c1c(NC(=O)[C@@H]2CCOC2)sc2c1CCC2. The van der Waals surface area contributed by atoms with Crippen molar-refractivity contribution < 1.29 is 14.3 Å². The van der Waals surface area contributed by atoms with Crippen LogP contribution in [0.5, 0.6) is 0 Å². The second kappa shape index (κ2) is 6.90. The number of carbonyl (C=O) groups excluding carboxylic acids is 2. The van der Waals surface area contributed by atoms with Crippen LogP contribution in [0.25, 0.3) is 0 Å². The fourth-order valence-electron chi connectivity index (χ4n) is 3.43. The van der Waals surface area contributed by atoms with Gasteiger partial charge in [0.15, 0.2) is 5.78 Å². The molecule has 4 nitrogen and oxygen atoms in total. The van der Waals surface area contributed by atoms with E-state index in [0.29, 0.717) is 34.4 Å². The molecule has 1 fully saturated rings. The van der Waals surface area contributed by atoms with E-state index in [1.54, 1.807) is 35.6 Å². The van der Waals surface area contributed by atoms with E-state index in [2.05, 4.69) is 5.32 Å². The Labute approximate surface area is 155 Å². The van der Waals surface area contributed by atoms with E-state index in [1.807, 2.05) is 0 Å². The molecule has 1 aliphatic heterocycles. The molecule has 1 aromatic heterocycles. The highest BCUT2D eigenvalue weighted by atomic mass is 35.5. The Morgan fingerprint density at radius 1 is 1.20 bits per heavy atom. The van der Waals surface area contributed by atoms with Gasteiger partial charge in [-0.15, -0.1) is 11.3 Å². The Balaban J connectivity index is 1.67. The number of fused-ring (bicyclic) bond motifs is 1. The number of thiophene rings is 1. The molecule has 1 saturated heterocycles. The van der Waals surface area contributed by atoms with Crippen molar-refractivity contribution in [2.75, 3.05) is 18.5 Å². The summed E-state index contributed by atoms with van der Waals surface area (Å²) >= 11 is 7.47. The van der Waals surface area contributed by atoms with Gasteiger partial charge in [0.2, 0.25) is 5.91 Å². The van der Waals surface area contributed by atoms with Crippen LogP contribution >= 0.6 is 22.9 Å². The maximum Gasteiger partial charge on any atom is 0.230 e. The van der Waals surface area contributed by atoms with Gasteiger partial charge in [0.25, 0.3) is 0 Å². The summed E-state index contributed by atoms with van der Waals surface area (Å²) in [6, 6.07) is 6.91. The van der Waals surface area contributed by atoms with Crippen LogP contribution in [0.15, 0.2) is 24.3 Å². The normalized spacial score (nSPS) is 19.0. The molecule has 1 aliphatic carbocycles. The molecule has 1 aromatic carbocycles. The maximum absolute atomic E-state index is 13.1. The molecule has 0 saturated carbocycles. The van der Waals surface area contributed by atoms with Gasteiger partial charge in [-0.3, -0.25) is 9.59 Å². The van der Waals surface area contributed by atoms with Gasteiger partial charge in [0.1, 0.15) is 5.00 Å². The number of hydrogen-bond donors (Lipinski definition) is 1. The predicted molar refractivity (Wildman–Crippen MR) is 98.8 cm³/mol. The van der Waals surface area contributed by atoms with Gasteiger partial charge in [0.05, 0.1) is 18.1 Å². The molecule has 130 valence electrons. The van der Waals surface area contributed by atoms with Crippen LogP contribution in [0.3, 0.4) is 0 Å². The molecule has 2 heterocycles. The van der Waals surface area contributed by atoms with Crippen molar-refractivity contribution in [1.82, 2.24) is 0 Å². The van der Waals surface area contributed by atoms with Gasteiger partial charge in [-0.2, -0.15) is 0 Å². The highest BCUT2D eigenvalue weighted by Gasteiger charge is 2.30. The quantitative estimate of drug-likeness (QED) is 0.818. The van der Waals surface area contributed by atoms with Gasteiger partial charge < -0.3 is 10.1 Å². The Morgan fingerprint density at radius 3 is 2.72 bits per heavy atom. The van der Waals surface area contributed by atoms with Crippen molar-refractivity contribution in [3.63, 3.8) is 0 Å². The smallest absolute Gasteiger partial charge is 0.230 e. The van der Waals surface area contributed by atoms with Crippen LogP contribution in [0, 0.1) is 5.92 Å². The first kappa shape index (κ1) is 16.8. The molecule has 0 radical (unpaired) electrons. The Kier molecular flexibility index (Phi) is 4.63. The maximum atomic E-state index is 13.1. The minimum absolute atomic E-state index is 0.0472. The summed E-state index contributed by atoms with van der Waals surface area (Å²) in [6.45, 7) is 1.08. The number of benzene rings is 1. The van der Waals surface area contributed by atoms with E-state index in [9.17, 15) is 9.59 Å². The lowest BCUT2D eigenvalue weighted by Crippen LogP contribution is -2.23. The largest absolute Gasteiger partial charge is 0.381 e. The Hall–Kier alpha value is -1.69. The van der Waals surface area contributed by atoms with E-state index in [1.165, 1.54) is 4.88 Å². The monoisotopic (exact) mass is 375 g/mol. The van der Waals surface area contributed by atoms with Crippen LogP contribution in [-0.4, -0.2) is 24.9 Å². The predicted octanol–water partition coefficient (Wildman–Crippen LogP) is 4.10. The van der Waals surface area contributed by atoms with Crippen molar-refractivity contribution in [2.45, 2.75) is 25.7 Å². The molecule has 1 amide bonds. The number of hydrogen-bond acceptors (Lipinski definition) is 4. The Bertz CT molecular complexity index is 822. The molecule has 1 atom stereocenters. The molecule has 2 aromatic rings.